The summed E-state index contributed by atoms with van der Waals surface area (Å²) in [5.74, 6) is -1.39. The molecule has 0 aliphatic carbocycles. The number of nitrogens with one attached hydrogen (secondary N) is 1. The smallest absolute Gasteiger partial charge is 0.381 e. The Labute approximate surface area is 150 Å². The number of benzene rings is 1. The molecule has 0 bridgehead atoms. The Morgan fingerprint density at radius 3 is 2.73 bits per heavy atom. The lowest BCUT2D eigenvalue weighted by Crippen LogP contribution is -2.36. The molecule has 3 rings (SSSR count). The van der Waals surface area contributed by atoms with Gasteiger partial charge < -0.3 is 9.84 Å². The molecule has 2 aromatic rings. The maximum Gasteiger partial charge on any atom is 0.471 e. The van der Waals surface area contributed by atoms with Crippen LogP contribution in [0.5, 0.6) is 0 Å². The molecule has 1 aliphatic rings. The Morgan fingerprint density at radius 2 is 2.15 bits per heavy atom. The minimum Gasteiger partial charge on any atom is -0.381 e. The zero-order chi connectivity index (χ0) is 18.9. The SMILES string of the molecule is Cc1cc(NC(C)CN2CCC[C@@H]2C)ccc1-c1noc(C(F)(F)F)n1. The fraction of sp³-hybridized carbons (Fsp3) is 0.556. The van der Waals surface area contributed by atoms with Gasteiger partial charge in [-0.2, -0.15) is 18.2 Å². The zero-order valence-corrected chi connectivity index (χ0v) is 15.1. The lowest BCUT2D eigenvalue weighted by molar-refractivity contribution is -0.159. The highest BCUT2D eigenvalue weighted by molar-refractivity contribution is 5.64. The standard InChI is InChI=1S/C18H23F3N4O/c1-11-9-14(22-12(2)10-25-8-4-5-13(25)3)6-7-15(11)16-23-17(26-24-16)18(19,20)21/h6-7,9,12-13,22H,4-5,8,10H2,1-3H3/t12?,13-/m0/s1. The first-order chi connectivity index (χ1) is 12.2. The van der Waals surface area contributed by atoms with Gasteiger partial charge in [0.1, 0.15) is 0 Å². The summed E-state index contributed by atoms with van der Waals surface area (Å²) in [5, 5.41) is 6.90. The highest BCUT2D eigenvalue weighted by Gasteiger charge is 2.38. The van der Waals surface area contributed by atoms with Crippen LogP contribution < -0.4 is 5.32 Å². The Kier molecular flexibility index (Phi) is 5.22. The van der Waals surface area contributed by atoms with E-state index >= 15 is 0 Å². The minimum atomic E-state index is -4.64. The Balaban J connectivity index is 1.68. The lowest BCUT2D eigenvalue weighted by atomic mass is 10.1. The van der Waals surface area contributed by atoms with E-state index in [0.717, 1.165) is 24.3 Å². The van der Waals surface area contributed by atoms with Crippen LogP contribution >= 0.6 is 0 Å². The number of rotatable bonds is 5. The molecule has 5 nitrogen and oxygen atoms in total. The molecule has 1 aliphatic heterocycles. The van der Waals surface area contributed by atoms with Crippen molar-refractivity contribution in [3.63, 3.8) is 0 Å². The number of aryl methyl sites for hydroxylation is 1. The van der Waals surface area contributed by atoms with Gasteiger partial charge in [-0.15, -0.1) is 0 Å². The number of likely N-dealkylation sites (tertiary alicyclic amines) is 1. The van der Waals surface area contributed by atoms with Crippen molar-refractivity contribution in [2.75, 3.05) is 18.4 Å². The first kappa shape index (κ1) is 18.7. The first-order valence-corrected chi connectivity index (χ1v) is 8.76. The van der Waals surface area contributed by atoms with Crippen molar-refractivity contribution in [2.45, 2.75) is 51.9 Å². The largest absolute Gasteiger partial charge is 0.471 e. The van der Waals surface area contributed by atoms with Gasteiger partial charge in [0.25, 0.3) is 0 Å². The molecular formula is C18H23F3N4O. The van der Waals surface area contributed by atoms with Crippen LogP contribution in [0.3, 0.4) is 0 Å². The first-order valence-electron chi connectivity index (χ1n) is 8.76. The van der Waals surface area contributed by atoms with Gasteiger partial charge in [0.2, 0.25) is 5.82 Å². The predicted octanol–water partition coefficient (Wildman–Crippen LogP) is 4.35. The van der Waals surface area contributed by atoms with E-state index in [0.29, 0.717) is 11.6 Å². The molecule has 1 aromatic heterocycles. The molecule has 1 N–H and O–H groups in total. The summed E-state index contributed by atoms with van der Waals surface area (Å²) in [6, 6.07) is 6.32. The van der Waals surface area contributed by atoms with Crippen LogP contribution in [-0.2, 0) is 6.18 Å². The Hall–Kier alpha value is -2.09. The highest BCUT2D eigenvalue weighted by atomic mass is 19.4. The van der Waals surface area contributed by atoms with Gasteiger partial charge in [-0.3, -0.25) is 4.90 Å². The van der Waals surface area contributed by atoms with Crippen molar-refractivity contribution >= 4 is 5.69 Å². The quantitative estimate of drug-likeness (QED) is 0.850. The van der Waals surface area contributed by atoms with Crippen LogP contribution in [0.1, 0.15) is 38.1 Å². The summed E-state index contributed by atoms with van der Waals surface area (Å²) in [5.41, 5.74) is 2.23. The third-order valence-corrected chi connectivity index (χ3v) is 4.75. The summed E-state index contributed by atoms with van der Waals surface area (Å²) in [7, 11) is 0. The highest BCUT2D eigenvalue weighted by Crippen LogP contribution is 2.31. The molecule has 0 spiro atoms. The topological polar surface area (TPSA) is 54.2 Å². The summed E-state index contributed by atoms with van der Waals surface area (Å²) in [6.07, 6.45) is -2.15. The van der Waals surface area contributed by atoms with E-state index in [4.69, 9.17) is 0 Å². The van der Waals surface area contributed by atoms with Gasteiger partial charge in [-0.1, -0.05) is 5.16 Å². The lowest BCUT2D eigenvalue weighted by Gasteiger charge is -2.26. The fourth-order valence-corrected chi connectivity index (χ4v) is 3.40. The van der Waals surface area contributed by atoms with E-state index in [-0.39, 0.29) is 11.9 Å². The van der Waals surface area contributed by atoms with Crippen LogP contribution in [0, 0.1) is 6.92 Å². The number of anilines is 1. The van der Waals surface area contributed by atoms with Crippen LogP contribution in [0.2, 0.25) is 0 Å². The van der Waals surface area contributed by atoms with Crippen LogP contribution in [0.15, 0.2) is 22.7 Å². The number of hydrogen-bond acceptors (Lipinski definition) is 5. The molecule has 2 atom stereocenters. The van der Waals surface area contributed by atoms with Gasteiger partial charge in [-0.05, 0) is 63.9 Å². The van der Waals surface area contributed by atoms with E-state index in [1.165, 1.54) is 12.8 Å². The number of aromatic nitrogens is 2. The van der Waals surface area contributed by atoms with Crippen molar-refractivity contribution in [3.8, 4) is 11.4 Å². The van der Waals surface area contributed by atoms with Gasteiger partial charge in [0, 0.05) is 29.9 Å². The third-order valence-electron chi connectivity index (χ3n) is 4.75. The summed E-state index contributed by atoms with van der Waals surface area (Å²) in [6.45, 7) is 8.28. The minimum absolute atomic E-state index is 0.0553. The van der Waals surface area contributed by atoms with Crippen molar-refractivity contribution in [3.05, 3.63) is 29.7 Å². The number of alkyl halides is 3. The molecule has 0 radical (unpaired) electrons. The fourth-order valence-electron chi connectivity index (χ4n) is 3.40. The van der Waals surface area contributed by atoms with Gasteiger partial charge in [0.05, 0.1) is 0 Å². The normalized spacial score (nSPS) is 19.7. The predicted molar refractivity (Wildman–Crippen MR) is 92.8 cm³/mol. The molecule has 0 amide bonds. The maximum absolute atomic E-state index is 12.6. The van der Waals surface area contributed by atoms with Crippen LogP contribution in [0.4, 0.5) is 18.9 Å². The van der Waals surface area contributed by atoms with Crippen LogP contribution in [-0.4, -0.2) is 40.2 Å². The molecule has 2 heterocycles. The molecule has 1 fully saturated rings. The van der Waals surface area contributed by atoms with E-state index in [2.05, 4.69) is 38.7 Å². The number of nitrogens with zero attached hydrogens (tertiary/aromatic N) is 3. The molecule has 8 heteroatoms. The zero-order valence-electron chi connectivity index (χ0n) is 15.1. The van der Waals surface area contributed by atoms with Crippen molar-refractivity contribution in [2.24, 2.45) is 0 Å². The maximum atomic E-state index is 12.6. The van der Waals surface area contributed by atoms with Gasteiger partial charge >= 0.3 is 12.1 Å². The van der Waals surface area contributed by atoms with E-state index in [9.17, 15) is 13.2 Å². The second-order valence-electron chi connectivity index (χ2n) is 6.98. The summed E-state index contributed by atoms with van der Waals surface area (Å²) >= 11 is 0. The Bertz CT molecular complexity index is 759. The monoisotopic (exact) mass is 368 g/mol. The molecule has 1 unspecified atom stereocenters. The summed E-state index contributed by atoms with van der Waals surface area (Å²) < 4.78 is 42.1. The average Bonchev–Trinajstić information content (AvgIpc) is 3.17. The number of hydrogen-bond donors (Lipinski definition) is 1. The summed E-state index contributed by atoms with van der Waals surface area (Å²) in [4.78, 5) is 5.92. The van der Waals surface area contributed by atoms with Crippen molar-refractivity contribution < 1.29 is 17.7 Å². The molecule has 1 aromatic carbocycles. The second-order valence-corrected chi connectivity index (χ2v) is 6.98. The van der Waals surface area contributed by atoms with Crippen molar-refractivity contribution in [1.29, 1.82) is 0 Å². The van der Waals surface area contributed by atoms with Crippen molar-refractivity contribution in [1.82, 2.24) is 15.0 Å². The van der Waals surface area contributed by atoms with E-state index in [1.54, 1.807) is 6.07 Å². The molecule has 1 saturated heterocycles. The van der Waals surface area contributed by atoms with Gasteiger partial charge in [-0.25, -0.2) is 0 Å². The van der Waals surface area contributed by atoms with E-state index < -0.39 is 12.1 Å². The molecular weight excluding hydrogens is 345 g/mol. The third kappa shape index (κ3) is 4.17. The molecule has 0 saturated carbocycles. The van der Waals surface area contributed by atoms with Gasteiger partial charge in [0.15, 0.2) is 0 Å². The second kappa shape index (κ2) is 7.26. The van der Waals surface area contributed by atoms with Crippen LogP contribution in [0.25, 0.3) is 11.4 Å². The molecule has 26 heavy (non-hydrogen) atoms. The Morgan fingerprint density at radius 1 is 1.38 bits per heavy atom. The van der Waals surface area contributed by atoms with E-state index in [1.807, 2.05) is 19.1 Å². The molecule has 142 valence electrons. The average molecular weight is 368 g/mol. The number of halogens is 3.